The van der Waals surface area contributed by atoms with Crippen molar-refractivity contribution >= 4 is 17.5 Å². The summed E-state index contributed by atoms with van der Waals surface area (Å²) in [7, 11) is 3.48. The lowest BCUT2D eigenvalue weighted by Gasteiger charge is -2.14. The molecule has 5 heteroatoms. The van der Waals surface area contributed by atoms with Crippen molar-refractivity contribution in [3.63, 3.8) is 0 Å². The molecule has 1 heterocycles. The Morgan fingerprint density at radius 3 is 2.42 bits per heavy atom. The second-order valence-corrected chi connectivity index (χ2v) is 4.90. The molecule has 0 bridgehead atoms. The zero-order valence-corrected chi connectivity index (χ0v) is 13.7. The molecule has 2 aromatic rings. The second kappa shape index (κ2) is 9.25. The monoisotopic (exact) mass is 325 g/mol. The van der Waals surface area contributed by atoms with E-state index in [0.717, 1.165) is 22.3 Å². The van der Waals surface area contributed by atoms with Crippen molar-refractivity contribution in [2.45, 2.75) is 0 Å². The van der Waals surface area contributed by atoms with Crippen LogP contribution >= 0.6 is 0 Å². The van der Waals surface area contributed by atoms with Gasteiger partial charge in [0.05, 0.1) is 0 Å². The predicted molar refractivity (Wildman–Crippen MR) is 96.0 cm³/mol. The first-order valence-electron chi connectivity index (χ1n) is 7.52. The molecular formula is C19H20FN3O. The third-order valence-electron chi connectivity index (χ3n) is 3.29. The summed E-state index contributed by atoms with van der Waals surface area (Å²) >= 11 is 0. The van der Waals surface area contributed by atoms with Crippen LogP contribution < -0.4 is 5.32 Å². The highest BCUT2D eigenvalue weighted by atomic mass is 19.1. The van der Waals surface area contributed by atoms with Crippen molar-refractivity contribution in [1.82, 2.24) is 10.3 Å². The van der Waals surface area contributed by atoms with Crippen LogP contribution in [0.25, 0.3) is 11.1 Å². The number of pyridine rings is 1. The molecule has 1 aromatic heterocycles. The third kappa shape index (κ3) is 4.78. The number of aliphatic imine (C=N–C) groups is 1. The van der Waals surface area contributed by atoms with Crippen LogP contribution in [0.5, 0.6) is 0 Å². The van der Waals surface area contributed by atoms with Gasteiger partial charge in [-0.05, 0) is 47.0 Å². The summed E-state index contributed by atoms with van der Waals surface area (Å²) in [5.41, 5.74) is 3.79. The van der Waals surface area contributed by atoms with Gasteiger partial charge in [-0.15, -0.1) is 0 Å². The molecule has 24 heavy (non-hydrogen) atoms. The standard InChI is InChI=1S/C19H20FN3O/c1-21-13-19(16-7-10-23-11-8-16)18(9-12-24-14-22-2)15-3-5-17(20)6-4-15/h3-11,13-14,21H,12H2,1-2H3/b18-9+,19-13-,22-14?. The van der Waals surface area contributed by atoms with E-state index in [1.807, 2.05) is 31.5 Å². The van der Waals surface area contributed by atoms with Gasteiger partial charge in [-0.1, -0.05) is 12.1 Å². The van der Waals surface area contributed by atoms with Crippen molar-refractivity contribution in [3.05, 3.63) is 78.0 Å². The number of nitrogens with one attached hydrogen (secondary N) is 1. The largest absolute Gasteiger partial charge is 0.479 e. The minimum atomic E-state index is -0.268. The number of hydrogen-bond acceptors (Lipinski definition) is 4. The molecule has 0 unspecified atom stereocenters. The molecule has 2 rings (SSSR count). The Labute approximate surface area is 141 Å². The Kier molecular flexibility index (Phi) is 6.71. The Balaban J connectivity index is 2.46. The molecule has 0 aliphatic rings. The molecule has 4 nitrogen and oxygen atoms in total. The summed E-state index contributed by atoms with van der Waals surface area (Å²) in [6.07, 6.45) is 8.71. The van der Waals surface area contributed by atoms with Crippen molar-refractivity contribution in [2.75, 3.05) is 20.7 Å². The van der Waals surface area contributed by atoms with E-state index in [0.29, 0.717) is 6.61 Å². The molecule has 0 aliphatic carbocycles. The molecule has 0 aliphatic heterocycles. The molecule has 0 saturated heterocycles. The van der Waals surface area contributed by atoms with Crippen LogP contribution in [0.1, 0.15) is 11.1 Å². The topological polar surface area (TPSA) is 46.5 Å². The number of rotatable bonds is 7. The first-order valence-corrected chi connectivity index (χ1v) is 7.52. The van der Waals surface area contributed by atoms with E-state index in [4.69, 9.17) is 4.74 Å². The van der Waals surface area contributed by atoms with E-state index >= 15 is 0 Å². The van der Waals surface area contributed by atoms with Crippen LogP contribution in [0.2, 0.25) is 0 Å². The SMILES string of the molecule is CN=COC/C=C(/C(=C\NC)c1ccncc1)c1ccc(F)cc1. The van der Waals surface area contributed by atoms with Gasteiger partial charge in [-0.25, -0.2) is 4.39 Å². The molecule has 0 amide bonds. The maximum atomic E-state index is 13.3. The van der Waals surface area contributed by atoms with E-state index in [9.17, 15) is 4.39 Å². The van der Waals surface area contributed by atoms with Crippen LogP contribution in [0.15, 0.2) is 66.1 Å². The van der Waals surface area contributed by atoms with Gasteiger partial charge >= 0.3 is 0 Å². The first-order chi connectivity index (χ1) is 11.8. The van der Waals surface area contributed by atoms with Gasteiger partial charge in [0.15, 0.2) is 6.40 Å². The highest BCUT2D eigenvalue weighted by molar-refractivity contribution is 6.04. The Morgan fingerprint density at radius 1 is 1.12 bits per heavy atom. The first kappa shape index (κ1) is 17.4. The highest BCUT2D eigenvalue weighted by Crippen LogP contribution is 2.30. The lowest BCUT2D eigenvalue weighted by molar-refractivity contribution is 0.367. The van der Waals surface area contributed by atoms with Gasteiger partial charge < -0.3 is 10.1 Å². The summed E-state index contributed by atoms with van der Waals surface area (Å²) in [4.78, 5) is 7.85. The number of nitrogens with zero attached hydrogens (tertiary/aromatic N) is 2. The van der Waals surface area contributed by atoms with E-state index in [1.165, 1.54) is 18.5 Å². The number of benzene rings is 1. The Hall–Kier alpha value is -2.95. The van der Waals surface area contributed by atoms with Crippen LogP contribution in [-0.4, -0.2) is 32.1 Å². The molecule has 124 valence electrons. The average molecular weight is 325 g/mol. The van der Waals surface area contributed by atoms with Gasteiger partial charge in [0.25, 0.3) is 0 Å². The molecule has 0 saturated carbocycles. The minimum absolute atomic E-state index is 0.268. The normalized spacial score (nSPS) is 12.5. The minimum Gasteiger partial charge on any atom is -0.479 e. The smallest absolute Gasteiger partial charge is 0.169 e. The fourth-order valence-corrected chi connectivity index (χ4v) is 2.25. The van der Waals surface area contributed by atoms with Crippen molar-refractivity contribution in [1.29, 1.82) is 0 Å². The molecular weight excluding hydrogens is 305 g/mol. The average Bonchev–Trinajstić information content (AvgIpc) is 2.62. The summed E-state index contributed by atoms with van der Waals surface area (Å²) in [6, 6.07) is 10.2. The molecule has 0 atom stereocenters. The van der Waals surface area contributed by atoms with Gasteiger partial charge in [0, 0.05) is 38.3 Å². The van der Waals surface area contributed by atoms with Crippen molar-refractivity contribution in [2.24, 2.45) is 4.99 Å². The lowest BCUT2D eigenvalue weighted by Crippen LogP contribution is -2.01. The van der Waals surface area contributed by atoms with Crippen LogP contribution in [-0.2, 0) is 4.74 Å². The molecule has 0 radical (unpaired) electrons. The highest BCUT2D eigenvalue weighted by Gasteiger charge is 2.11. The summed E-state index contributed by atoms with van der Waals surface area (Å²) in [6.45, 7) is 0.357. The number of halogens is 1. The lowest BCUT2D eigenvalue weighted by atomic mass is 9.93. The number of ether oxygens (including phenoxy) is 1. The Bertz CT molecular complexity index is 722. The Morgan fingerprint density at radius 2 is 1.79 bits per heavy atom. The number of allylic oxidation sites excluding steroid dienone is 2. The van der Waals surface area contributed by atoms with Gasteiger partial charge in [0.1, 0.15) is 12.4 Å². The summed E-state index contributed by atoms with van der Waals surface area (Å²) < 4.78 is 18.6. The van der Waals surface area contributed by atoms with Crippen molar-refractivity contribution < 1.29 is 9.13 Å². The van der Waals surface area contributed by atoms with E-state index < -0.39 is 0 Å². The quantitative estimate of drug-likeness (QED) is 0.366. The van der Waals surface area contributed by atoms with Crippen LogP contribution in [0, 0.1) is 5.82 Å². The van der Waals surface area contributed by atoms with E-state index in [2.05, 4.69) is 15.3 Å². The number of aromatic nitrogens is 1. The van der Waals surface area contributed by atoms with E-state index in [1.54, 1.807) is 31.6 Å². The fraction of sp³-hybridized carbons (Fsp3) is 0.158. The fourth-order valence-electron chi connectivity index (χ4n) is 2.25. The summed E-state index contributed by atoms with van der Waals surface area (Å²) in [5, 5.41) is 3.06. The molecule has 1 N–H and O–H groups in total. The van der Waals surface area contributed by atoms with Crippen molar-refractivity contribution in [3.8, 4) is 0 Å². The molecule has 0 spiro atoms. The predicted octanol–water partition coefficient (Wildman–Crippen LogP) is 3.54. The van der Waals surface area contributed by atoms with Gasteiger partial charge in [-0.2, -0.15) is 0 Å². The maximum Gasteiger partial charge on any atom is 0.169 e. The van der Waals surface area contributed by atoms with Crippen LogP contribution in [0.4, 0.5) is 4.39 Å². The zero-order chi connectivity index (χ0) is 17.2. The van der Waals surface area contributed by atoms with Gasteiger partial charge in [0.2, 0.25) is 0 Å². The summed E-state index contributed by atoms with van der Waals surface area (Å²) in [5.74, 6) is -0.268. The second-order valence-electron chi connectivity index (χ2n) is 4.90. The molecule has 0 fully saturated rings. The van der Waals surface area contributed by atoms with E-state index in [-0.39, 0.29) is 5.82 Å². The molecule has 1 aromatic carbocycles. The third-order valence-corrected chi connectivity index (χ3v) is 3.29. The van der Waals surface area contributed by atoms with Gasteiger partial charge in [-0.3, -0.25) is 9.98 Å². The maximum absolute atomic E-state index is 13.3. The zero-order valence-electron chi connectivity index (χ0n) is 13.7. The number of hydrogen-bond donors (Lipinski definition) is 1. The van der Waals surface area contributed by atoms with Crippen LogP contribution in [0.3, 0.4) is 0 Å².